The first-order valence-corrected chi connectivity index (χ1v) is 3.83. The molecule has 0 aliphatic heterocycles. The maximum atomic E-state index is 12.6. The van der Waals surface area contributed by atoms with Crippen LogP contribution in [0.25, 0.3) is 0 Å². The van der Waals surface area contributed by atoms with Gasteiger partial charge in [-0.2, -0.15) is 0 Å². The van der Waals surface area contributed by atoms with Gasteiger partial charge in [-0.25, -0.2) is 4.39 Å². The lowest BCUT2D eigenvalue weighted by Gasteiger charge is -2.14. The highest BCUT2D eigenvalue weighted by Crippen LogP contribution is 2.14. The molecule has 0 saturated carbocycles. The Bertz CT molecular complexity index is 283. The molecule has 1 rings (SSSR count). The van der Waals surface area contributed by atoms with Gasteiger partial charge in [-0.1, -0.05) is 0 Å². The first kappa shape index (κ1) is 10.0. The molecule has 4 nitrogen and oxygen atoms in total. The largest absolute Gasteiger partial charge is 0.389 e. The van der Waals surface area contributed by atoms with Crippen molar-refractivity contribution in [2.24, 2.45) is 5.73 Å². The van der Waals surface area contributed by atoms with Crippen LogP contribution in [-0.2, 0) is 0 Å². The average Bonchev–Trinajstić information content (AvgIpc) is 2.15. The molecule has 2 atom stereocenters. The Morgan fingerprint density at radius 2 is 2.23 bits per heavy atom. The third-order valence-corrected chi connectivity index (χ3v) is 1.65. The van der Waals surface area contributed by atoms with Crippen LogP contribution in [0.3, 0.4) is 0 Å². The molecule has 0 amide bonds. The lowest BCUT2D eigenvalue weighted by Crippen LogP contribution is -2.27. The van der Waals surface area contributed by atoms with E-state index in [0.717, 1.165) is 12.1 Å². The van der Waals surface area contributed by atoms with Crippen LogP contribution in [0.15, 0.2) is 18.3 Å². The monoisotopic (exact) mass is 186 g/mol. The average molecular weight is 186 g/mol. The zero-order chi connectivity index (χ0) is 9.84. The summed E-state index contributed by atoms with van der Waals surface area (Å²) in [6.07, 6.45) is -1.13. The molecule has 0 fully saturated rings. The maximum absolute atomic E-state index is 12.6. The van der Waals surface area contributed by atoms with Crippen molar-refractivity contribution in [2.45, 2.75) is 12.2 Å². The normalized spacial score (nSPS) is 15.4. The number of nitrogens with two attached hydrogens (primary N) is 1. The lowest BCUT2D eigenvalue weighted by molar-refractivity contribution is 0.0215. The molecule has 1 aromatic rings. The summed E-state index contributed by atoms with van der Waals surface area (Å²) in [5.74, 6) is -0.506. The van der Waals surface area contributed by atoms with Crippen LogP contribution < -0.4 is 5.73 Å². The van der Waals surface area contributed by atoms with Gasteiger partial charge in [-0.3, -0.25) is 4.98 Å². The quantitative estimate of drug-likeness (QED) is 0.598. The lowest BCUT2D eigenvalue weighted by atomic mass is 10.1. The molecule has 0 spiro atoms. The molecule has 13 heavy (non-hydrogen) atoms. The van der Waals surface area contributed by atoms with E-state index < -0.39 is 18.0 Å². The SMILES string of the molecule is NCC(O)C(O)c1cc(F)ccn1. The molecule has 0 radical (unpaired) electrons. The van der Waals surface area contributed by atoms with Gasteiger partial charge in [-0.15, -0.1) is 0 Å². The number of halogens is 1. The standard InChI is InChI=1S/C8H11FN2O2/c9-5-1-2-11-6(3-5)8(13)7(12)4-10/h1-3,7-8,12-13H,4,10H2. The minimum atomic E-state index is -1.24. The number of rotatable bonds is 3. The topological polar surface area (TPSA) is 79.4 Å². The van der Waals surface area contributed by atoms with Crippen molar-refractivity contribution in [1.82, 2.24) is 4.98 Å². The van der Waals surface area contributed by atoms with E-state index in [4.69, 9.17) is 10.8 Å². The summed E-state index contributed by atoms with van der Waals surface area (Å²) in [4.78, 5) is 3.70. The third-order valence-electron chi connectivity index (χ3n) is 1.65. The Balaban J connectivity index is 2.82. The second-order valence-electron chi connectivity index (χ2n) is 2.65. The molecule has 0 aliphatic carbocycles. The Hall–Kier alpha value is -1.04. The highest BCUT2D eigenvalue weighted by Gasteiger charge is 2.18. The summed E-state index contributed by atoms with van der Waals surface area (Å²) >= 11 is 0. The van der Waals surface area contributed by atoms with Gasteiger partial charge in [0.2, 0.25) is 0 Å². The number of nitrogens with zero attached hydrogens (tertiary/aromatic N) is 1. The van der Waals surface area contributed by atoms with Crippen molar-refractivity contribution in [3.8, 4) is 0 Å². The van der Waals surface area contributed by atoms with Crippen LogP contribution in [0.2, 0.25) is 0 Å². The predicted octanol–water partition coefficient (Wildman–Crippen LogP) is -0.426. The summed E-state index contributed by atoms with van der Waals surface area (Å²) in [7, 11) is 0. The molecule has 0 bridgehead atoms. The van der Waals surface area contributed by atoms with Gasteiger partial charge in [0.25, 0.3) is 0 Å². The summed E-state index contributed by atoms with van der Waals surface area (Å²) < 4.78 is 12.6. The molecule has 0 aromatic carbocycles. The van der Waals surface area contributed by atoms with Gasteiger partial charge in [0.15, 0.2) is 0 Å². The number of pyridine rings is 1. The van der Waals surface area contributed by atoms with Gasteiger partial charge in [0.05, 0.1) is 11.8 Å². The molecule has 4 N–H and O–H groups in total. The summed E-state index contributed by atoms with van der Waals surface area (Å²) in [5, 5.41) is 18.5. The molecule has 5 heteroatoms. The van der Waals surface area contributed by atoms with E-state index in [1.54, 1.807) is 0 Å². The highest BCUT2D eigenvalue weighted by atomic mass is 19.1. The third kappa shape index (κ3) is 2.45. The van der Waals surface area contributed by atoms with Crippen molar-refractivity contribution in [1.29, 1.82) is 0 Å². The van der Waals surface area contributed by atoms with E-state index >= 15 is 0 Å². The zero-order valence-corrected chi connectivity index (χ0v) is 6.89. The summed E-state index contributed by atoms with van der Waals surface area (Å²) in [6.45, 7) is -0.0979. The van der Waals surface area contributed by atoms with Crippen LogP contribution >= 0.6 is 0 Å². The van der Waals surface area contributed by atoms with Crippen LogP contribution in [0.5, 0.6) is 0 Å². The molecule has 0 saturated heterocycles. The minimum absolute atomic E-state index is 0.0814. The first-order valence-electron chi connectivity index (χ1n) is 3.83. The molecule has 0 aliphatic rings. The maximum Gasteiger partial charge on any atom is 0.126 e. The molecular formula is C8H11FN2O2. The van der Waals surface area contributed by atoms with Gasteiger partial charge in [0.1, 0.15) is 11.9 Å². The fraction of sp³-hybridized carbons (Fsp3) is 0.375. The van der Waals surface area contributed by atoms with Crippen molar-refractivity contribution in [3.05, 3.63) is 29.8 Å². The van der Waals surface area contributed by atoms with Crippen molar-refractivity contribution in [3.63, 3.8) is 0 Å². The zero-order valence-electron chi connectivity index (χ0n) is 6.89. The first-order chi connectivity index (χ1) is 6.15. The number of aromatic nitrogens is 1. The Kier molecular flexibility index (Phi) is 3.30. The molecular weight excluding hydrogens is 175 g/mol. The van der Waals surface area contributed by atoms with E-state index in [1.807, 2.05) is 0 Å². The van der Waals surface area contributed by atoms with Gasteiger partial charge >= 0.3 is 0 Å². The Morgan fingerprint density at radius 3 is 2.77 bits per heavy atom. The molecule has 2 unspecified atom stereocenters. The van der Waals surface area contributed by atoms with Gasteiger partial charge < -0.3 is 15.9 Å². The van der Waals surface area contributed by atoms with E-state index in [9.17, 15) is 9.50 Å². The number of hydrogen-bond donors (Lipinski definition) is 3. The number of aliphatic hydroxyl groups excluding tert-OH is 2. The van der Waals surface area contributed by atoms with Gasteiger partial charge in [0, 0.05) is 12.7 Å². The van der Waals surface area contributed by atoms with Crippen molar-refractivity contribution < 1.29 is 14.6 Å². The smallest absolute Gasteiger partial charge is 0.126 e. The fourth-order valence-corrected chi connectivity index (χ4v) is 0.909. The van der Waals surface area contributed by atoms with Gasteiger partial charge in [-0.05, 0) is 12.1 Å². The van der Waals surface area contributed by atoms with Crippen molar-refractivity contribution >= 4 is 0 Å². The number of aliphatic hydroxyl groups is 2. The van der Waals surface area contributed by atoms with Crippen LogP contribution in [-0.4, -0.2) is 27.8 Å². The van der Waals surface area contributed by atoms with E-state index in [-0.39, 0.29) is 12.2 Å². The van der Waals surface area contributed by atoms with Crippen LogP contribution in [0, 0.1) is 5.82 Å². The summed E-state index contributed by atoms with van der Waals surface area (Å²) in [5.41, 5.74) is 5.20. The van der Waals surface area contributed by atoms with Crippen LogP contribution in [0.1, 0.15) is 11.8 Å². The second-order valence-corrected chi connectivity index (χ2v) is 2.65. The molecule has 72 valence electrons. The van der Waals surface area contributed by atoms with E-state index in [0.29, 0.717) is 0 Å². The molecule has 1 aromatic heterocycles. The second kappa shape index (κ2) is 4.27. The van der Waals surface area contributed by atoms with Crippen molar-refractivity contribution in [2.75, 3.05) is 6.54 Å². The minimum Gasteiger partial charge on any atom is -0.389 e. The Labute approximate surface area is 74.8 Å². The van der Waals surface area contributed by atoms with E-state index in [1.165, 1.54) is 6.20 Å². The molecule has 1 heterocycles. The fourth-order valence-electron chi connectivity index (χ4n) is 0.909. The highest BCUT2D eigenvalue weighted by molar-refractivity contribution is 5.09. The summed E-state index contributed by atoms with van der Waals surface area (Å²) in [6, 6.07) is 2.22. The predicted molar refractivity (Wildman–Crippen MR) is 44.2 cm³/mol. The van der Waals surface area contributed by atoms with E-state index in [2.05, 4.69) is 4.98 Å². The number of hydrogen-bond acceptors (Lipinski definition) is 4. The van der Waals surface area contributed by atoms with Crippen LogP contribution in [0.4, 0.5) is 4.39 Å². The Morgan fingerprint density at radius 1 is 1.54 bits per heavy atom.